The van der Waals surface area contributed by atoms with Crippen LogP contribution in [0.5, 0.6) is 0 Å². The van der Waals surface area contributed by atoms with Crippen molar-refractivity contribution in [2.24, 2.45) is 0 Å². The molecular formula is C23H26FN4O3+. The van der Waals surface area contributed by atoms with Crippen LogP contribution in [-0.4, -0.2) is 61.9 Å². The summed E-state index contributed by atoms with van der Waals surface area (Å²) >= 11 is 0. The summed E-state index contributed by atoms with van der Waals surface area (Å²) in [7, 11) is 0. The lowest BCUT2D eigenvalue weighted by atomic mass is 10.1. The highest BCUT2D eigenvalue weighted by Gasteiger charge is 2.27. The molecule has 2 aromatic rings. The molecule has 8 heteroatoms. The Hall–Kier alpha value is -3.26. The molecule has 0 aliphatic carbocycles. The lowest BCUT2D eigenvalue weighted by molar-refractivity contribution is -0.895. The fourth-order valence-electron chi connectivity index (χ4n) is 4.11. The molecule has 0 unspecified atom stereocenters. The van der Waals surface area contributed by atoms with Crippen molar-refractivity contribution < 1.29 is 23.7 Å². The van der Waals surface area contributed by atoms with E-state index in [1.54, 1.807) is 34.1 Å². The molecule has 2 aliphatic heterocycles. The smallest absolute Gasteiger partial charge is 0.279 e. The van der Waals surface area contributed by atoms with E-state index in [1.807, 2.05) is 12.1 Å². The number of amides is 3. The molecule has 4 rings (SSSR count). The van der Waals surface area contributed by atoms with Gasteiger partial charge in [-0.1, -0.05) is 12.1 Å². The molecule has 0 radical (unpaired) electrons. The number of carbonyl (C=O) groups excluding carboxylic acids is 3. The first kappa shape index (κ1) is 21.0. The Morgan fingerprint density at radius 2 is 1.81 bits per heavy atom. The van der Waals surface area contributed by atoms with E-state index in [-0.39, 0.29) is 24.3 Å². The highest BCUT2D eigenvalue weighted by molar-refractivity contribution is 5.99. The molecule has 0 bridgehead atoms. The van der Waals surface area contributed by atoms with E-state index in [0.717, 1.165) is 17.0 Å². The van der Waals surface area contributed by atoms with E-state index in [0.29, 0.717) is 50.4 Å². The highest BCUT2D eigenvalue weighted by Crippen LogP contribution is 2.23. The number of halogens is 1. The van der Waals surface area contributed by atoms with Crippen LogP contribution in [0.25, 0.3) is 0 Å². The van der Waals surface area contributed by atoms with Crippen LogP contribution in [0.2, 0.25) is 0 Å². The third-order valence-corrected chi connectivity index (χ3v) is 5.75. The average Bonchev–Trinajstić information content (AvgIpc) is 3.20. The zero-order valence-electron chi connectivity index (χ0n) is 17.3. The first-order chi connectivity index (χ1) is 15.0. The number of hydrogen-bond acceptors (Lipinski definition) is 3. The summed E-state index contributed by atoms with van der Waals surface area (Å²) in [5.41, 5.74) is 1.78. The first-order valence-electron chi connectivity index (χ1n) is 10.6. The van der Waals surface area contributed by atoms with Gasteiger partial charge in [0.05, 0.1) is 26.2 Å². The fraction of sp³-hybridized carbons (Fsp3) is 0.348. The van der Waals surface area contributed by atoms with E-state index in [9.17, 15) is 18.8 Å². The number of benzene rings is 2. The SMILES string of the molecule is O=C(C[NH+]1CCN(C(=O)c2cccc(N3CCCC3=O)c2)CC1)Nc1cccc(F)c1. The molecule has 31 heavy (non-hydrogen) atoms. The van der Waals surface area contributed by atoms with Crippen LogP contribution < -0.4 is 15.1 Å². The predicted molar refractivity (Wildman–Crippen MR) is 115 cm³/mol. The Morgan fingerprint density at radius 3 is 2.52 bits per heavy atom. The summed E-state index contributed by atoms with van der Waals surface area (Å²) in [6, 6.07) is 13.1. The monoisotopic (exact) mass is 425 g/mol. The Labute approximate surface area is 180 Å². The van der Waals surface area contributed by atoms with Gasteiger partial charge in [0, 0.05) is 29.9 Å². The standard InChI is InChI=1S/C23H25FN4O3/c24-18-5-2-6-19(15-18)25-21(29)16-26-10-12-27(13-11-26)23(31)17-4-1-7-20(14-17)28-9-3-8-22(28)30/h1-2,4-7,14-15H,3,8-13,16H2,(H,25,29)/p+1. The maximum absolute atomic E-state index is 13.3. The largest absolute Gasteiger partial charge is 0.327 e. The number of quaternary nitrogens is 1. The van der Waals surface area contributed by atoms with Crippen molar-refractivity contribution in [3.05, 3.63) is 59.9 Å². The third kappa shape index (κ3) is 5.08. The predicted octanol–water partition coefficient (Wildman–Crippen LogP) is 0.932. The van der Waals surface area contributed by atoms with Crippen molar-refractivity contribution in [2.75, 3.05) is 49.5 Å². The molecule has 0 atom stereocenters. The minimum atomic E-state index is -0.393. The minimum absolute atomic E-state index is 0.0586. The van der Waals surface area contributed by atoms with Crippen LogP contribution in [-0.2, 0) is 9.59 Å². The van der Waals surface area contributed by atoms with Gasteiger partial charge >= 0.3 is 0 Å². The van der Waals surface area contributed by atoms with Crippen LogP contribution in [0.3, 0.4) is 0 Å². The molecular weight excluding hydrogens is 399 g/mol. The van der Waals surface area contributed by atoms with Gasteiger partial charge in [0.25, 0.3) is 11.8 Å². The van der Waals surface area contributed by atoms with Gasteiger partial charge < -0.3 is 20.0 Å². The lowest BCUT2D eigenvalue weighted by Crippen LogP contribution is -3.15. The van der Waals surface area contributed by atoms with Crippen molar-refractivity contribution in [2.45, 2.75) is 12.8 Å². The first-order valence-corrected chi connectivity index (χ1v) is 10.6. The Morgan fingerprint density at radius 1 is 1.03 bits per heavy atom. The molecule has 162 valence electrons. The maximum Gasteiger partial charge on any atom is 0.279 e. The molecule has 2 aliphatic rings. The van der Waals surface area contributed by atoms with Crippen LogP contribution >= 0.6 is 0 Å². The van der Waals surface area contributed by atoms with E-state index >= 15 is 0 Å². The summed E-state index contributed by atoms with van der Waals surface area (Å²) in [6.45, 7) is 3.38. The quantitative estimate of drug-likeness (QED) is 0.749. The zero-order chi connectivity index (χ0) is 21.8. The van der Waals surface area contributed by atoms with Gasteiger partial charge in [0.15, 0.2) is 6.54 Å². The Bertz CT molecular complexity index is 988. The molecule has 0 saturated carbocycles. The Kier molecular flexibility index (Phi) is 6.27. The van der Waals surface area contributed by atoms with E-state index in [2.05, 4.69) is 5.32 Å². The molecule has 2 N–H and O–H groups in total. The lowest BCUT2D eigenvalue weighted by Gasteiger charge is -2.32. The number of rotatable bonds is 5. The summed E-state index contributed by atoms with van der Waals surface area (Å²) in [4.78, 5) is 41.8. The topological polar surface area (TPSA) is 74.2 Å². The van der Waals surface area contributed by atoms with Crippen LogP contribution in [0.1, 0.15) is 23.2 Å². The molecule has 7 nitrogen and oxygen atoms in total. The van der Waals surface area contributed by atoms with E-state index in [4.69, 9.17) is 0 Å². The van der Waals surface area contributed by atoms with Gasteiger partial charge in [0.2, 0.25) is 5.91 Å². The average molecular weight is 425 g/mol. The van der Waals surface area contributed by atoms with Crippen molar-refractivity contribution in [1.82, 2.24) is 4.90 Å². The number of hydrogen-bond donors (Lipinski definition) is 2. The minimum Gasteiger partial charge on any atom is -0.327 e. The Balaban J connectivity index is 1.30. The summed E-state index contributed by atoms with van der Waals surface area (Å²) in [5.74, 6) is -0.533. The van der Waals surface area contributed by atoms with Gasteiger partial charge in [-0.25, -0.2) is 4.39 Å². The molecule has 2 saturated heterocycles. The molecule has 2 fully saturated rings. The molecule has 0 aromatic heterocycles. The van der Waals surface area contributed by atoms with E-state index in [1.165, 1.54) is 12.1 Å². The van der Waals surface area contributed by atoms with Crippen molar-refractivity contribution in [3.63, 3.8) is 0 Å². The second-order valence-corrected chi connectivity index (χ2v) is 7.98. The third-order valence-electron chi connectivity index (χ3n) is 5.75. The van der Waals surface area contributed by atoms with Gasteiger partial charge in [-0.15, -0.1) is 0 Å². The second-order valence-electron chi connectivity index (χ2n) is 7.98. The van der Waals surface area contributed by atoms with Crippen LogP contribution in [0.4, 0.5) is 15.8 Å². The number of carbonyl (C=O) groups is 3. The number of piperazine rings is 1. The van der Waals surface area contributed by atoms with Crippen molar-refractivity contribution in [1.29, 1.82) is 0 Å². The summed E-state index contributed by atoms with van der Waals surface area (Å²) in [5, 5.41) is 2.71. The fourth-order valence-corrected chi connectivity index (χ4v) is 4.11. The normalized spacial score (nSPS) is 17.1. The number of nitrogens with one attached hydrogen (secondary N) is 2. The maximum atomic E-state index is 13.3. The highest BCUT2D eigenvalue weighted by atomic mass is 19.1. The summed E-state index contributed by atoms with van der Waals surface area (Å²) in [6.07, 6.45) is 1.39. The van der Waals surface area contributed by atoms with Gasteiger partial charge in [-0.3, -0.25) is 14.4 Å². The molecule has 0 spiro atoms. The number of nitrogens with zero attached hydrogens (tertiary/aromatic N) is 2. The van der Waals surface area contributed by atoms with Crippen LogP contribution in [0.15, 0.2) is 48.5 Å². The number of anilines is 2. The summed E-state index contributed by atoms with van der Waals surface area (Å²) < 4.78 is 13.3. The van der Waals surface area contributed by atoms with Crippen molar-refractivity contribution in [3.8, 4) is 0 Å². The zero-order valence-corrected chi connectivity index (χ0v) is 17.3. The van der Waals surface area contributed by atoms with Crippen LogP contribution in [0, 0.1) is 5.82 Å². The molecule has 2 heterocycles. The van der Waals surface area contributed by atoms with E-state index < -0.39 is 5.82 Å². The van der Waals surface area contributed by atoms with Crippen molar-refractivity contribution >= 4 is 29.1 Å². The molecule has 2 aromatic carbocycles. The van der Waals surface area contributed by atoms with Gasteiger partial charge in [0.1, 0.15) is 5.82 Å². The molecule has 3 amide bonds. The van der Waals surface area contributed by atoms with Gasteiger partial charge in [-0.2, -0.15) is 0 Å². The second kappa shape index (κ2) is 9.26. The van der Waals surface area contributed by atoms with Gasteiger partial charge in [-0.05, 0) is 42.8 Å².